The second-order valence-electron chi connectivity index (χ2n) is 5.18. The zero-order valence-electron chi connectivity index (χ0n) is 9.62. The number of carboxylic acids is 1. The van der Waals surface area contributed by atoms with Gasteiger partial charge in [0, 0.05) is 25.9 Å². The molecule has 1 aliphatic heterocycles. The topological polar surface area (TPSA) is 57.6 Å². The van der Waals surface area contributed by atoms with Crippen molar-refractivity contribution in [2.24, 2.45) is 5.41 Å². The number of carbonyl (C=O) groups excluding carboxylic acids is 1. The molecule has 0 radical (unpaired) electrons. The summed E-state index contributed by atoms with van der Waals surface area (Å²) in [5, 5.41) is 9.20. The Hall–Kier alpha value is -0.900. The molecule has 0 aromatic carbocycles. The van der Waals surface area contributed by atoms with E-state index in [0.29, 0.717) is 25.9 Å². The Balaban J connectivity index is 2.73. The number of carboxylic acid groups (broad SMARTS) is 1. The number of aliphatic carboxylic acids is 1. The Labute approximate surface area is 90.3 Å². The summed E-state index contributed by atoms with van der Waals surface area (Å²) in [4.78, 5) is 24.2. The maximum atomic E-state index is 11.2. The van der Waals surface area contributed by atoms with E-state index in [1.54, 1.807) is 0 Å². The van der Waals surface area contributed by atoms with Gasteiger partial charge in [-0.05, 0) is 5.41 Å². The Kier molecular flexibility index (Phi) is 3.50. The number of piperidine rings is 1. The lowest BCUT2D eigenvalue weighted by Gasteiger charge is -2.38. The van der Waals surface area contributed by atoms with Crippen LogP contribution in [0.1, 0.15) is 33.6 Å². The number of Topliss-reactive ketones (excluding diaryl/α,β-unsaturated/α-hetero) is 1. The van der Waals surface area contributed by atoms with Crippen molar-refractivity contribution in [3.05, 3.63) is 0 Å². The summed E-state index contributed by atoms with van der Waals surface area (Å²) in [7, 11) is 0. The molecule has 1 atom stereocenters. The fraction of sp³-hybridized carbons (Fsp3) is 0.818. The molecule has 0 aromatic rings. The van der Waals surface area contributed by atoms with Crippen LogP contribution in [-0.4, -0.2) is 40.9 Å². The SMILES string of the molecule is CC(C)(C)C(C(=O)O)N1CCC(=O)CC1. The van der Waals surface area contributed by atoms with Crippen LogP contribution in [0.5, 0.6) is 0 Å². The van der Waals surface area contributed by atoms with Gasteiger partial charge in [0.2, 0.25) is 0 Å². The summed E-state index contributed by atoms with van der Waals surface area (Å²) in [5.74, 6) is -0.554. The van der Waals surface area contributed by atoms with Crippen LogP contribution < -0.4 is 0 Å². The average Bonchev–Trinajstić information content (AvgIpc) is 2.05. The van der Waals surface area contributed by atoms with Crippen LogP contribution in [0.2, 0.25) is 0 Å². The summed E-state index contributed by atoms with van der Waals surface area (Å²) in [5.41, 5.74) is -0.299. The molecule has 0 spiro atoms. The quantitative estimate of drug-likeness (QED) is 0.747. The Morgan fingerprint density at radius 1 is 1.33 bits per heavy atom. The van der Waals surface area contributed by atoms with Crippen LogP contribution in [0, 0.1) is 5.41 Å². The Bertz CT molecular complexity index is 257. The number of nitrogens with zero attached hydrogens (tertiary/aromatic N) is 1. The Morgan fingerprint density at radius 2 is 1.80 bits per heavy atom. The van der Waals surface area contributed by atoms with Crippen molar-refractivity contribution < 1.29 is 14.7 Å². The molecule has 15 heavy (non-hydrogen) atoms. The first-order chi connectivity index (χ1) is 6.82. The molecule has 1 aliphatic rings. The van der Waals surface area contributed by atoms with E-state index in [0.717, 1.165) is 0 Å². The second kappa shape index (κ2) is 4.31. The fourth-order valence-corrected chi connectivity index (χ4v) is 2.11. The average molecular weight is 213 g/mol. The third kappa shape index (κ3) is 3.02. The molecular weight excluding hydrogens is 194 g/mol. The number of hydrogen-bond acceptors (Lipinski definition) is 3. The zero-order valence-corrected chi connectivity index (χ0v) is 9.62. The van der Waals surface area contributed by atoms with Crippen molar-refractivity contribution in [2.75, 3.05) is 13.1 Å². The lowest BCUT2D eigenvalue weighted by Crippen LogP contribution is -2.52. The van der Waals surface area contributed by atoms with E-state index in [2.05, 4.69) is 0 Å². The van der Waals surface area contributed by atoms with Crippen molar-refractivity contribution in [1.29, 1.82) is 0 Å². The predicted octanol–water partition coefficient (Wildman–Crippen LogP) is 1.15. The molecule has 1 heterocycles. The van der Waals surface area contributed by atoms with Gasteiger partial charge in [-0.3, -0.25) is 14.5 Å². The van der Waals surface area contributed by atoms with Gasteiger partial charge in [-0.2, -0.15) is 0 Å². The van der Waals surface area contributed by atoms with Crippen molar-refractivity contribution in [1.82, 2.24) is 4.90 Å². The van der Waals surface area contributed by atoms with Crippen LogP contribution >= 0.6 is 0 Å². The predicted molar refractivity (Wildman–Crippen MR) is 56.7 cm³/mol. The summed E-state index contributed by atoms with van der Waals surface area (Å²) in [6.07, 6.45) is 0.972. The lowest BCUT2D eigenvalue weighted by molar-refractivity contribution is -0.149. The molecule has 0 amide bonds. The van der Waals surface area contributed by atoms with Gasteiger partial charge in [0.05, 0.1) is 0 Å². The summed E-state index contributed by atoms with van der Waals surface area (Å²) in [6, 6.07) is -0.495. The minimum Gasteiger partial charge on any atom is -0.480 e. The highest BCUT2D eigenvalue weighted by Crippen LogP contribution is 2.26. The molecule has 0 saturated carbocycles. The third-order valence-corrected chi connectivity index (χ3v) is 2.78. The van der Waals surface area contributed by atoms with Gasteiger partial charge in [0.25, 0.3) is 0 Å². The van der Waals surface area contributed by atoms with Gasteiger partial charge in [0.15, 0.2) is 0 Å². The molecule has 1 rings (SSSR count). The lowest BCUT2D eigenvalue weighted by atomic mass is 9.84. The maximum Gasteiger partial charge on any atom is 0.321 e. The van der Waals surface area contributed by atoms with Crippen molar-refractivity contribution in [3.63, 3.8) is 0 Å². The molecule has 4 heteroatoms. The van der Waals surface area contributed by atoms with Crippen molar-refractivity contribution in [3.8, 4) is 0 Å². The van der Waals surface area contributed by atoms with E-state index >= 15 is 0 Å². The zero-order chi connectivity index (χ0) is 11.6. The van der Waals surface area contributed by atoms with Crippen molar-refractivity contribution >= 4 is 11.8 Å². The van der Waals surface area contributed by atoms with Crippen molar-refractivity contribution in [2.45, 2.75) is 39.7 Å². The molecule has 1 fully saturated rings. The van der Waals surface area contributed by atoms with E-state index in [4.69, 9.17) is 0 Å². The fourth-order valence-electron chi connectivity index (χ4n) is 2.11. The molecule has 1 saturated heterocycles. The molecule has 0 aliphatic carbocycles. The number of carbonyl (C=O) groups is 2. The molecule has 86 valence electrons. The normalized spacial score (nSPS) is 21.4. The van der Waals surface area contributed by atoms with E-state index in [9.17, 15) is 14.7 Å². The molecule has 0 bridgehead atoms. The van der Waals surface area contributed by atoms with Gasteiger partial charge >= 0.3 is 5.97 Å². The first-order valence-electron chi connectivity index (χ1n) is 5.31. The minimum absolute atomic E-state index is 0.240. The Morgan fingerprint density at radius 3 is 2.13 bits per heavy atom. The highest BCUT2D eigenvalue weighted by Gasteiger charge is 2.37. The monoisotopic (exact) mass is 213 g/mol. The number of ketones is 1. The molecule has 4 nitrogen and oxygen atoms in total. The number of rotatable bonds is 2. The minimum atomic E-state index is -0.795. The van der Waals surface area contributed by atoms with E-state index in [1.165, 1.54) is 0 Å². The van der Waals surface area contributed by atoms with Crippen LogP contribution in [0.4, 0.5) is 0 Å². The molecule has 1 N–H and O–H groups in total. The summed E-state index contributed by atoms with van der Waals surface area (Å²) >= 11 is 0. The first-order valence-corrected chi connectivity index (χ1v) is 5.31. The number of likely N-dealkylation sites (tertiary alicyclic amines) is 1. The van der Waals surface area contributed by atoms with Crippen LogP contribution in [0.15, 0.2) is 0 Å². The molecular formula is C11H19NO3. The van der Waals surface area contributed by atoms with Crippen LogP contribution in [0.3, 0.4) is 0 Å². The summed E-state index contributed by atoms with van der Waals surface area (Å²) < 4.78 is 0. The molecule has 1 unspecified atom stereocenters. The highest BCUT2D eigenvalue weighted by molar-refractivity contribution is 5.80. The third-order valence-electron chi connectivity index (χ3n) is 2.78. The second-order valence-corrected chi connectivity index (χ2v) is 5.18. The maximum absolute atomic E-state index is 11.2. The standard InChI is InChI=1S/C11H19NO3/c1-11(2,3)9(10(14)15)12-6-4-8(13)5-7-12/h9H,4-7H2,1-3H3,(H,14,15). The van der Waals surface area contributed by atoms with Crippen LogP contribution in [0.25, 0.3) is 0 Å². The molecule has 0 aromatic heterocycles. The highest BCUT2D eigenvalue weighted by atomic mass is 16.4. The number of hydrogen-bond donors (Lipinski definition) is 1. The van der Waals surface area contributed by atoms with E-state index in [1.807, 2.05) is 25.7 Å². The smallest absolute Gasteiger partial charge is 0.321 e. The van der Waals surface area contributed by atoms with E-state index in [-0.39, 0.29) is 11.2 Å². The van der Waals surface area contributed by atoms with Gasteiger partial charge in [0.1, 0.15) is 11.8 Å². The largest absolute Gasteiger partial charge is 0.480 e. The summed E-state index contributed by atoms with van der Waals surface area (Å²) in [6.45, 7) is 6.91. The van der Waals surface area contributed by atoms with Gasteiger partial charge in [-0.25, -0.2) is 0 Å². The van der Waals surface area contributed by atoms with E-state index < -0.39 is 12.0 Å². The van der Waals surface area contributed by atoms with Gasteiger partial charge in [-0.1, -0.05) is 20.8 Å². The first kappa shape index (κ1) is 12.2. The van der Waals surface area contributed by atoms with Gasteiger partial charge in [-0.15, -0.1) is 0 Å². The van der Waals surface area contributed by atoms with Gasteiger partial charge < -0.3 is 5.11 Å². The van der Waals surface area contributed by atoms with Crippen LogP contribution in [-0.2, 0) is 9.59 Å².